The van der Waals surface area contributed by atoms with E-state index in [2.05, 4.69) is 29.3 Å². The third kappa shape index (κ3) is 4.11. The summed E-state index contributed by atoms with van der Waals surface area (Å²) in [5.41, 5.74) is 2.55. The third-order valence-electron chi connectivity index (χ3n) is 3.69. The summed E-state index contributed by atoms with van der Waals surface area (Å²) in [5, 5.41) is 4.03. The fraction of sp³-hybridized carbons (Fsp3) is 0.625. The first kappa shape index (κ1) is 15.6. The Morgan fingerprint density at radius 3 is 3.05 bits per heavy atom. The van der Waals surface area contributed by atoms with Gasteiger partial charge in [0.1, 0.15) is 0 Å². The predicted molar refractivity (Wildman–Crippen MR) is 85.7 cm³/mol. The van der Waals surface area contributed by atoms with Crippen LogP contribution in [-0.2, 0) is 11.3 Å². The Hall–Kier alpha value is -0.770. The van der Waals surface area contributed by atoms with E-state index in [9.17, 15) is 0 Å². The van der Waals surface area contributed by atoms with Gasteiger partial charge in [0.15, 0.2) is 0 Å². The zero-order valence-electron chi connectivity index (χ0n) is 12.5. The number of ether oxygens (including phenoxy) is 1. The summed E-state index contributed by atoms with van der Waals surface area (Å²) in [6.45, 7) is 5.93. The van der Waals surface area contributed by atoms with E-state index in [0.29, 0.717) is 6.10 Å². The van der Waals surface area contributed by atoms with Crippen molar-refractivity contribution in [2.45, 2.75) is 38.8 Å². The molecule has 0 aliphatic carbocycles. The first-order chi connectivity index (χ1) is 9.74. The molecule has 0 spiro atoms. The van der Waals surface area contributed by atoms with Gasteiger partial charge in [-0.3, -0.25) is 0 Å². The zero-order chi connectivity index (χ0) is 14.4. The summed E-state index contributed by atoms with van der Waals surface area (Å²) in [6.07, 6.45) is 3.78. The van der Waals surface area contributed by atoms with Gasteiger partial charge in [-0.2, -0.15) is 0 Å². The number of nitrogens with zero attached hydrogens (tertiary/aromatic N) is 1. The van der Waals surface area contributed by atoms with Crippen molar-refractivity contribution >= 4 is 17.3 Å². The maximum absolute atomic E-state index is 6.18. The van der Waals surface area contributed by atoms with E-state index in [1.165, 1.54) is 24.1 Å². The van der Waals surface area contributed by atoms with Gasteiger partial charge in [-0.15, -0.1) is 0 Å². The van der Waals surface area contributed by atoms with E-state index >= 15 is 0 Å². The minimum absolute atomic E-state index is 0.352. The number of anilines is 1. The second kappa shape index (κ2) is 7.87. The van der Waals surface area contributed by atoms with Crippen LogP contribution in [0.15, 0.2) is 18.2 Å². The number of halogens is 1. The maximum Gasteiger partial charge on any atom is 0.0750 e. The lowest BCUT2D eigenvalue weighted by Gasteiger charge is -2.35. The average molecular weight is 297 g/mol. The number of hydrogen-bond donors (Lipinski definition) is 1. The lowest BCUT2D eigenvalue weighted by Crippen LogP contribution is -2.40. The molecule has 1 saturated heterocycles. The third-order valence-corrected chi connectivity index (χ3v) is 3.93. The summed E-state index contributed by atoms with van der Waals surface area (Å²) in [4.78, 5) is 2.42. The van der Waals surface area contributed by atoms with Crippen molar-refractivity contribution in [3.8, 4) is 0 Å². The molecule has 2 rings (SSSR count). The molecule has 20 heavy (non-hydrogen) atoms. The van der Waals surface area contributed by atoms with Gasteiger partial charge in [-0.1, -0.05) is 24.6 Å². The molecule has 1 atom stereocenters. The highest BCUT2D eigenvalue weighted by Gasteiger charge is 2.22. The van der Waals surface area contributed by atoms with Crippen LogP contribution in [0.3, 0.4) is 0 Å². The van der Waals surface area contributed by atoms with Gasteiger partial charge in [0.2, 0.25) is 0 Å². The molecule has 3 nitrogen and oxygen atoms in total. The van der Waals surface area contributed by atoms with Crippen molar-refractivity contribution in [1.29, 1.82) is 0 Å². The molecule has 1 aliphatic rings. The second-order valence-corrected chi connectivity index (χ2v) is 5.82. The molecule has 1 aromatic rings. The van der Waals surface area contributed by atoms with E-state index in [0.717, 1.165) is 37.7 Å². The minimum atomic E-state index is 0.352. The van der Waals surface area contributed by atoms with E-state index in [1.54, 1.807) is 0 Å². The highest BCUT2D eigenvalue weighted by molar-refractivity contribution is 6.30. The van der Waals surface area contributed by atoms with Crippen molar-refractivity contribution in [1.82, 2.24) is 5.32 Å². The van der Waals surface area contributed by atoms with Crippen LogP contribution in [0, 0.1) is 0 Å². The largest absolute Gasteiger partial charge is 0.376 e. The number of benzene rings is 1. The Labute approximate surface area is 127 Å². The molecule has 112 valence electrons. The Bertz CT molecular complexity index is 425. The Morgan fingerprint density at radius 2 is 2.30 bits per heavy atom. The standard InChI is InChI=1S/C16H25ClN2O/c1-3-9-20-15-5-4-8-19(12-15)16-10-14(17)7-6-13(16)11-18-2/h6-7,10,15,18H,3-5,8-9,11-12H2,1-2H3. The molecule has 1 heterocycles. The van der Waals surface area contributed by atoms with Crippen LogP contribution in [0.2, 0.25) is 5.02 Å². The normalized spacial score (nSPS) is 19.4. The molecule has 0 bridgehead atoms. The summed E-state index contributed by atoms with van der Waals surface area (Å²) < 4.78 is 5.92. The highest BCUT2D eigenvalue weighted by Crippen LogP contribution is 2.28. The van der Waals surface area contributed by atoms with Crippen LogP contribution in [0.25, 0.3) is 0 Å². The molecule has 1 fully saturated rings. The quantitative estimate of drug-likeness (QED) is 0.870. The fourth-order valence-corrected chi connectivity index (χ4v) is 2.92. The highest BCUT2D eigenvalue weighted by atomic mass is 35.5. The summed E-state index contributed by atoms with van der Waals surface area (Å²) in [6, 6.07) is 6.16. The SMILES string of the molecule is CCCOC1CCCN(c2cc(Cl)ccc2CNC)C1. The zero-order valence-corrected chi connectivity index (χ0v) is 13.2. The van der Waals surface area contributed by atoms with E-state index < -0.39 is 0 Å². The van der Waals surface area contributed by atoms with Crippen molar-refractivity contribution in [3.05, 3.63) is 28.8 Å². The van der Waals surface area contributed by atoms with Crippen molar-refractivity contribution in [2.75, 3.05) is 31.6 Å². The second-order valence-electron chi connectivity index (χ2n) is 5.38. The van der Waals surface area contributed by atoms with E-state index in [-0.39, 0.29) is 0 Å². The Morgan fingerprint density at radius 1 is 1.45 bits per heavy atom. The molecule has 0 aromatic heterocycles. The summed E-state index contributed by atoms with van der Waals surface area (Å²) >= 11 is 6.18. The smallest absolute Gasteiger partial charge is 0.0750 e. The molecule has 1 unspecified atom stereocenters. The molecule has 0 amide bonds. The van der Waals surface area contributed by atoms with Crippen LogP contribution in [-0.4, -0.2) is 32.8 Å². The lowest BCUT2D eigenvalue weighted by molar-refractivity contribution is 0.0440. The molecule has 1 aromatic carbocycles. The lowest BCUT2D eigenvalue weighted by atomic mass is 10.0. The fourth-order valence-electron chi connectivity index (χ4n) is 2.75. The van der Waals surface area contributed by atoms with Gasteiger partial charge < -0.3 is 15.0 Å². The van der Waals surface area contributed by atoms with Crippen LogP contribution in [0.4, 0.5) is 5.69 Å². The first-order valence-corrected chi connectivity index (χ1v) is 7.92. The van der Waals surface area contributed by atoms with Gasteiger partial charge in [-0.25, -0.2) is 0 Å². The molecular formula is C16H25ClN2O. The van der Waals surface area contributed by atoms with Gasteiger partial charge in [0.25, 0.3) is 0 Å². The van der Waals surface area contributed by atoms with Crippen LogP contribution < -0.4 is 10.2 Å². The van der Waals surface area contributed by atoms with Crippen LogP contribution in [0.1, 0.15) is 31.7 Å². The van der Waals surface area contributed by atoms with Crippen LogP contribution >= 0.6 is 11.6 Å². The molecule has 1 N–H and O–H groups in total. The topological polar surface area (TPSA) is 24.5 Å². The maximum atomic E-state index is 6.18. The number of piperidine rings is 1. The average Bonchev–Trinajstić information content (AvgIpc) is 2.47. The minimum Gasteiger partial charge on any atom is -0.376 e. The van der Waals surface area contributed by atoms with E-state index in [4.69, 9.17) is 16.3 Å². The van der Waals surface area contributed by atoms with Crippen molar-refractivity contribution in [2.24, 2.45) is 0 Å². The predicted octanol–water partition coefficient (Wildman–Crippen LogP) is 3.45. The molecule has 4 heteroatoms. The molecule has 0 radical (unpaired) electrons. The summed E-state index contributed by atoms with van der Waals surface area (Å²) in [7, 11) is 1.97. The van der Waals surface area contributed by atoms with E-state index in [1.807, 2.05) is 13.1 Å². The van der Waals surface area contributed by atoms with Gasteiger partial charge >= 0.3 is 0 Å². The number of nitrogens with one attached hydrogen (secondary N) is 1. The van der Waals surface area contributed by atoms with Crippen LogP contribution in [0.5, 0.6) is 0 Å². The Kier molecular flexibility index (Phi) is 6.14. The number of rotatable bonds is 6. The van der Waals surface area contributed by atoms with Gasteiger partial charge in [-0.05, 0) is 44.0 Å². The van der Waals surface area contributed by atoms with Crippen molar-refractivity contribution < 1.29 is 4.74 Å². The first-order valence-electron chi connectivity index (χ1n) is 7.54. The van der Waals surface area contributed by atoms with Crippen molar-refractivity contribution in [3.63, 3.8) is 0 Å². The molecular weight excluding hydrogens is 272 g/mol. The Balaban J connectivity index is 2.11. The van der Waals surface area contributed by atoms with Gasteiger partial charge in [0.05, 0.1) is 6.10 Å². The molecule has 0 saturated carbocycles. The molecule has 1 aliphatic heterocycles. The summed E-state index contributed by atoms with van der Waals surface area (Å²) in [5.74, 6) is 0. The van der Waals surface area contributed by atoms with Gasteiger partial charge in [0, 0.05) is 37.0 Å². The number of hydrogen-bond acceptors (Lipinski definition) is 3. The monoisotopic (exact) mass is 296 g/mol.